The number of rotatable bonds is 5. The van der Waals surface area contributed by atoms with Crippen LogP contribution in [0, 0.1) is 13.8 Å². The van der Waals surface area contributed by atoms with Crippen LogP contribution in [-0.4, -0.2) is 25.5 Å². The Kier molecular flexibility index (Phi) is 4.90. The molecule has 0 saturated heterocycles. The number of aromatic nitrogens is 4. The maximum absolute atomic E-state index is 12.6. The van der Waals surface area contributed by atoms with E-state index in [1.54, 1.807) is 15.6 Å². The Labute approximate surface area is 151 Å². The highest BCUT2D eigenvalue weighted by molar-refractivity contribution is 6.31. The number of benzene rings is 1. The summed E-state index contributed by atoms with van der Waals surface area (Å²) in [6.07, 6.45) is 1.76. The number of nitrogens with zero attached hydrogens (tertiary/aromatic N) is 4. The van der Waals surface area contributed by atoms with Crippen molar-refractivity contribution in [1.82, 2.24) is 24.9 Å². The first-order valence-corrected chi connectivity index (χ1v) is 8.50. The first kappa shape index (κ1) is 17.2. The minimum absolute atomic E-state index is 0.181. The molecule has 130 valence electrons. The van der Waals surface area contributed by atoms with Gasteiger partial charge in [-0.2, -0.15) is 10.2 Å². The molecule has 1 aromatic carbocycles. The molecule has 25 heavy (non-hydrogen) atoms. The number of para-hydroxylation sites is 1. The molecule has 0 saturated carbocycles. The smallest absolute Gasteiger partial charge is 0.255 e. The summed E-state index contributed by atoms with van der Waals surface area (Å²) in [5, 5.41) is 12.3. The standard InChI is InChI=1S/C18H20ClN5O/c1-4-23-11-15(19)16(22-23)10-20-18(25)17-12(2)21-24(13(17)3)14-8-6-5-7-9-14/h5-9,11H,4,10H2,1-3H3,(H,20,25). The van der Waals surface area contributed by atoms with E-state index in [0.29, 0.717) is 22.0 Å². The van der Waals surface area contributed by atoms with Crippen molar-refractivity contribution < 1.29 is 4.79 Å². The van der Waals surface area contributed by atoms with E-state index in [1.165, 1.54) is 0 Å². The average molecular weight is 358 g/mol. The van der Waals surface area contributed by atoms with E-state index in [9.17, 15) is 4.79 Å². The third-order valence-electron chi connectivity index (χ3n) is 4.05. The first-order valence-electron chi connectivity index (χ1n) is 8.13. The van der Waals surface area contributed by atoms with Gasteiger partial charge < -0.3 is 5.32 Å². The Morgan fingerprint density at radius 2 is 1.92 bits per heavy atom. The lowest BCUT2D eigenvalue weighted by Crippen LogP contribution is -2.24. The number of amides is 1. The van der Waals surface area contributed by atoms with Gasteiger partial charge in [-0.05, 0) is 32.9 Å². The Bertz CT molecular complexity index is 898. The van der Waals surface area contributed by atoms with E-state index in [0.717, 1.165) is 17.9 Å². The molecule has 0 spiro atoms. The molecule has 2 aromatic heterocycles. The zero-order valence-electron chi connectivity index (χ0n) is 14.5. The van der Waals surface area contributed by atoms with Gasteiger partial charge in [0.25, 0.3) is 5.91 Å². The van der Waals surface area contributed by atoms with Gasteiger partial charge in [0.2, 0.25) is 0 Å². The van der Waals surface area contributed by atoms with Gasteiger partial charge >= 0.3 is 0 Å². The fourth-order valence-electron chi connectivity index (χ4n) is 2.76. The largest absolute Gasteiger partial charge is 0.346 e. The Balaban J connectivity index is 1.80. The van der Waals surface area contributed by atoms with Crippen molar-refractivity contribution >= 4 is 17.5 Å². The predicted molar refractivity (Wildman–Crippen MR) is 97.1 cm³/mol. The van der Waals surface area contributed by atoms with Crippen molar-refractivity contribution in [3.63, 3.8) is 0 Å². The summed E-state index contributed by atoms with van der Waals surface area (Å²) >= 11 is 6.15. The maximum Gasteiger partial charge on any atom is 0.255 e. The van der Waals surface area contributed by atoms with Gasteiger partial charge in [-0.15, -0.1) is 0 Å². The molecular weight excluding hydrogens is 338 g/mol. The third-order valence-corrected chi connectivity index (χ3v) is 4.36. The molecule has 0 radical (unpaired) electrons. The maximum atomic E-state index is 12.6. The summed E-state index contributed by atoms with van der Waals surface area (Å²) in [6.45, 7) is 6.72. The van der Waals surface area contributed by atoms with Crippen LogP contribution in [-0.2, 0) is 13.1 Å². The van der Waals surface area contributed by atoms with Crippen LogP contribution in [0.25, 0.3) is 5.69 Å². The van der Waals surface area contributed by atoms with Crippen molar-refractivity contribution in [3.8, 4) is 5.69 Å². The molecule has 0 aliphatic carbocycles. The molecule has 3 aromatic rings. The quantitative estimate of drug-likeness (QED) is 0.762. The molecule has 7 heteroatoms. The number of carbonyl (C=O) groups excluding carboxylic acids is 1. The second kappa shape index (κ2) is 7.11. The summed E-state index contributed by atoms with van der Waals surface area (Å²) in [5.74, 6) is -0.181. The molecule has 0 aliphatic rings. The van der Waals surface area contributed by atoms with E-state index >= 15 is 0 Å². The number of aryl methyl sites for hydroxylation is 2. The molecular formula is C18H20ClN5O. The van der Waals surface area contributed by atoms with Crippen LogP contribution in [0.1, 0.15) is 34.4 Å². The minimum Gasteiger partial charge on any atom is -0.346 e. The van der Waals surface area contributed by atoms with Crippen LogP contribution < -0.4 is 5.32 Å². The van der Waals surface area contributed by atoms with E-state index in [-0.39, 0.29) is 12.5 Å². The summed E-state index contributed by atoms with van der Waals surface area (Å²) in [7, 11) is 0. The average Bonchev–Trinajstić information content (AvgIpc) is 3.12. The summed E-state index contributed by atoms with van der Waals surface area (Å²) in [4.78, 5) is 12.6. The Morgan fingerprint density at radius 1 is 1.20 bits per heavy atom. The van der Waals surface area contributed by atoms with Crippen molar-refractivity contribution in [2.45, 2.75) is 33.9 Å². The SMILES string of the molecule is CCn1cc(Cl)c(CNC(=O)c2c(C)nn(-c3ccccc3)c2C)n1. The molecule has 1 N–H and O–H groups in total. The molecule has 3 rings (SSSR count). The van der Waals surface area contributed by atoms with Crippen molar-refractivity contribution in [3.05, 3.63) is 64.2 Å². The Morgan fingerprint density at radius 3 is 2.56 bits per heavy atom. The van der Waals surface area contributed by atoms with Crippen molar-refractivity contribution in [1.29, 1.82) is 0 Å². The van der Waals surface area contributed by atoms with Crippen LogP contribution in [0.5, 0.6) is 0 Å². The molecule has 6 nitrogen and oxygen atoms in total. The number of carbonyl (C=O) groups is 1. The second-order valence-corrected chi connectivity index (χ2v) is 6.16. The third kappa shape index (κ3) is 3.44. The molecule has 0 aliphatic heterocycles. The fraction of sp³-hybridized carbons (Fsp3) is 0.278. The Hall–Kier alpha value is -2.60. The van der Waals surface area contributed by atoms with Crippen LogP contribution in [0.15, 0.2) is 36.5 Å². The first-order chi connectivity index (χ1) is 12.0. The lowest BCUT2D eigenvalue weighted by Gasteiger charge is -2.06. The van der Waals surface area contributed by atoms with Gasteiger partial charge in [-0.25, -0.2) is 4.68 Å². The van der Waals surface area contributed by atoms with Gasteiger partial charge in [0.1, 0.15) is 5.69 Å². The monoisotopic (exact) mass is 357 g/mol. The molecule has 0 unspecified atom stereocenters. The summed E-state index contributed by atoms with van der Waals surface area (Å²) in [6, 6.07) is 9.74. The molecule has 2 heterocycles. The number of hydrogen-bond donors (Lipinski definition) is 1. The van der Waals surface area contributed by atoms with E-state index in [4.69, 9.17) is 11.6 Å². The van der Waals surface area contributed by atoms with Gasteiger partial charge in [-0.1, -0.05) is 29.8 Å². The van der Waals surface area contributed by atoms with Gasteiger partial charge in [-0.3, -0.25) is 9.48 Å². The second-order valence-electron chi connectivity index (χ2n) is 5.76. The van der Waals surface area contributed by atoms with E-state index < -0.39 is 0 Å². The van der Waals surface area contributed by atoms with Gasteiger partial charge in [0, 0.05) is 12.7 Å². The topological polar surface area (TPSA) is 64.7 Å². The highest BCUT2D eigenvalue weighted by Crippen LogP contribution is 2.18. The van der Waals surface area contributed by atoms with Crippen LogP contribution in [0.4, 0.5) is 0 Å². The van der Waals surface area contributed by atoms with Gasteiger partial charge in [0.05, 0.1) is 34.2 Å². The highest BCUT2D eigenvalue weighted by Gasteiger charge is 2.19. The van der Waals surface area contributed by atoms with Crippen molar-refractivity contribution in [2.24, 2.45) is 0 Å². The highest BCUT2D eigenvalue weighted by atomic mass is 35.5. The predicted octanol–water partition coefficient (Wildman–Crippen LogP) is 3.29. The molecule has 1 amide bonds. The van der Waals surface area contributed by atoms with Crippen molar-refractivity contribution in [2.75, 3.05) is 0 Å². The number of hydrogen-bond acceptors (Lipinski definition) is 3. The van der Waals surface area contributed by atoms with E-state index in [1.807, 2.05) is 51.1 Å². The summed E-state index contributed by atoms with van der Waals surface area (Å²) < 4.78 is 3.52. The van der Waals surface area contributed by atoms with Crippen LogP contribution in [0.2, 0.25) is 5.02 Å². The zero-order valence-corrected chi connectivity index (χ0v) is 15.2. The van der Waals surface area contributed by atoms with E-state index in [2.05, 4.69) is 15.5 Å². The van der Waals surface area contributed by atoms with Gasteiger partial charge in [0.15, 0.2) is 0 Å². The number of nitrogens with one attached hydrogen (secondary N) is 1. The lowest BCUT2D eigenvalue weighted by molar-refractivity contribution is 0.0949. The summed E-state index contributed by atoms with van der Waals surface area (Å²) in [5.41, 5.74) is 3.64. The lowest BCUT2D eigenvalue weighted by atomic mass is 10.2. The minimum atomic E-state index is -0.181. The van der Waals surface area contributed by atoms with Crippen LogP contribution >= 0.6 is 11.6 Å². The molecule has 0 fully saturated rings. The normalized spacial score (nSPS) is 10.9. The molecule has 0 atom stereocenters. The fourth-order valence-corrected chi connectivity index (χ4v) is 2.98. The number of halogens is 1. The van der Waals surface area contributed by atoms with Crippen LogP contribution in [0.3, 0.4) is 0 Å². The molecule has 0 bridgehead atoms. The zero-order chi connectivity index (χ0) is 18.0.